The standard InChI is InChI=1S/C11H17BrN2O5S/c1-17-11(2-3-18-7-11)6-14-20(15,16)9-4-8(5-13)19-10(9)12/h4,14H,2-3,5-7,13H2,1H3. The van der Waals surface area contributed by atoms with Gasteiger partial charge >= 0.3 is 0 Å². The molecular formula is C11H17BrN2O5S. The molecule has 0 bridgehead atoms. The van der Waals surface area contributed by atoms with Crippen molar-refractivity contribution in [2.24, 2.45) is 5.73 Å². The summed E-state index contributed by atoms with van der Waals surface area (Å²) < 4.78 is 43.0. The minimum atomic E-state index is -3.70. The second-order valence-electron chi connectivity index (χ2n) is 4.57. The molecule has 7 nitrogen and oxygen atoms in total. The topological polar surface area (TPSA) is 104 Å². The molecule has 1 aromatic rings. The molecule has 0 saturated carbocycles. The van der Waals surface area contributed by atoms with Gasteiger partial charge in [0.25, 0.3) is 0 Å². The van der Waals surface area contributed by atoms with Crippen LogP contribution in [-0.2, 0) is 26.0 Å². The molecule has 0 spiro atoms. The first-order valence-corrected chi connectivity index (χ1v) is 8.31. The molecule has 2 rings (SSSR count). The van der Waals surface area contributed by atoms with Crippen LogP contribution >= 0.6 is 15.9 Å². The van der Waals surface area contributed by atoms with E-state index in [1.807, 2.05) is 0 Å². The lowest BCUT2D eigenvalue weighted by Gasteiger charge is -2.25. The van der Waals surface area contributed by atoms with Crippen molar-refractivity contribution in [1.82, 2.24) is 4.72 Å². The van der Waals surface area contributed by atoms with Gasteiger partial charge in [-0.3, -0.25) is 0 Å². The number of hydrogen-bond acceptors (Lipinski definition) is 6. The third-order valence-electron chi connectivity index (χ3n) is 3.28. The predicted octanol–water partition coefficient (Wildman–Crippen LogP) is 0.585. The van der Waals surface area contributed by atoms with Crippen LogP contribution in [0.2, 0.25) is 0 Å². The maximum atomic E-state index is 12.3. The number of methoxy groups -OCH3 is 1. The molecule has 1 aromatic heterocycles. The van der Waals surface area contributed by atoms with Crippen molar-refractivity contribution in [1.29, 1.82) is 0 Å². The van der Waals surface area contributed by atoms with Gasteiger partial charge in [0.1, 0.15) is 16.3 Å². The van der Waals surface area contributed by atoms with Crippen LogP contribution in [0.25, 0.3) is 0 Å². The lowest BCUT2D eigenvalue weighted by atomic mass is 10.0. The second-order valence-corrected chi connectivity index (χ2v) is 7.02. The van der Waals surface area contributed by atoms with E-state index < -0.39 is 15.6 Å². The minimum Gasteiger partial charge on any atom is -0.452 e. The van der Waals surface area contributed by atoms with Crippen molar-refractivity contribution < 1.29 is 22.3 Å². The number of rotatable bonds is 6. The molecule has 1 unspecified atom stereocenters. The smallest absolute Gasteiger partial charge is 0.245 e. The minimum absolute atomic E-state index is 0.0307. The van der Waals surface area contributed by atoms with Crippen molar-refractivity contribution in [3.05, 3.63) is 16.5 Å². The number of nitrogens with one attached hydrogen (secondary N) is 1. The van der Waals surface area contributed by atoms with Crippen molar-refractivity contribution in [3.8, 4) is 0 Å². The summed E-state index contributed by atoms with van der Waals surface area (Å²) in [7, 11) is -2.15. The Morgan fingerprint density at radius 1 is 1.60 bits per heavy atom. The van der Waals surface area contributed by atoms with E-state index in [0.717, 1.165) is 0 Å². The van der Waals surface area contributed by atoms with Crippen molar-refractivity contribution in [2.75, 3.05) is 26.9 Å². The largest absolute Gasteiger partial charge is 0.452 e. The summed E-state index contributed by atoms with van der Waals surface area (Å²) in [5.74, 6) is 0.392. The van der Waals surface area contributed by atoms with Crippen LogP contribution < -0.4 is 10.5 Å². The molecule has 114 valence electrons. The Balaban J connectivity index is 2.12. The van der Waals surface area contributed by atoms with Crippen LogP contribution in [0.5, 0.6) is 0 Å². The van der Waals surface area contributed by atoms with Gasteiger partial charge in [-0.15, -0.1) is 0 Å². The average molecular weight is 369 g/mol. The molecule has 3 N–H and O–H groups in total. The van der Waals surface area contributed by atoms with Gasteiger partial charge in [-0.25, -0.2) is 13.1 Å². The summed E-state index contributed by atoms with van der Waals surface area (Å²) in [6.07, 6.45) is 0.645. The quantitative estimate of drug-likeness (QED) is 0.761. The van der Waals surface area contributed by atoms with Crippen molar-refractivity contribution >= 4 is 26.0 Å². The van der Waals surface area contributed by atoms with Gasteiger partial charge < -0.3 is 19.6 Å². The fraction of sp³-hybridized carbons (Fsp3) is 0.636. The molecule has 0 aromatic carbocycles. The highest BCUT2D eigenvalue weighted by molar-refractivity contribution is 9.10. The van der Waals surface area contributed by atoms with Crippen LogP contribution in [0.4, 0.5) is 0 Å². The van der Waals surface area contributed by atoms with Crippen molar-refractivity contribution in [3.63, 3.8) is 0 Å². The first kappa shape index (κ1) is 15.9. The van der Waals surface area contributed by atoms with E-state index in [1.165, 1.54) is 6.07 Å². The first-order valence-electron chi connectivity index (χ1n) is 6.03. The molecule has 1 aliphatic rings. The Morgan fingerprint density at radius 3 is 2.85 bits per heavy atom. The molecule has 2 heterocycles. The van der Waals surface area contributed by atoms with Crippen molar-refractivity contribution in [2.45, 2.75) is 23.5 Å². The molecule has 20 heavy (non-hydrogen) atoms. The Morgan fingerprint density at radius 2 is 2.35 bits per heavy atom. The zero-order valence-corrected chi connectivity index (χ0v) is 13.4. The molecule has 0 radical (unpaired) electrons. The SMILES string of the molecule is COC1(CNS(=O)(=O)c2cc(CN)oc2Br)CCOC1. The lowest BCUT2D eigenvalue weighted by molar-refractivity contribution is -0.0120. The Bertz CT molecular complexity index is 565. The highest BCUT2D eigenvalue weighted by Crippen LogP contribution is 2.27. The van der Waals surface area contributed by atoms with Gasteiger partial charge in [0.05, 0.1) is 13.2 Å². The number of halogens is 1. The number of sulfonamides is 1. The molecule has 0 aliphatic carbocycles. The highest BCUT2D eigenvalue weighted by atomic mass is 79.9. The van der Waals surface area contributed by atoms with E-state index in [1.54, 1.807) is 7.11 Å². The molecular weight excluding hydrogens is 352 g/mol. The fourth-order valence-electron chi connectivity index (χ4n) is 1.95. The number of furan rings is 1. The Labute approximate surface area is 126 Å². The fourth-order valence-corrected chi connectivity index (χ4v) is 4.06. The number of nitrogens with two attached hydrogens (primary N) is 1. The summed E-state index contributed by atoms with van der Waals surface area (Å²) in [5.41, 5.74) is 4.81. The van der Waals surface area contributed by atoms with E-state index in [2.05, 4.69) is 20.7 Å². The Kier molecular flexibility index (Phi) is 4.88. The molecule has 9 heteroatoms. The summed E-state index contributed by atoms with van der Waals surface area (Å²) in [4.78, 5) is 0.0307. The summed E-state index contributed by atoms with van der Waals surface area (Å²) in [6, 6.07) is 1.40. The zero-order valence-electron chi connectivity index (χ0n) is 11.0. The van der Waals surface area contributed by atoms with E-state index in [-0.39, 0.29) is 22.7 Å². The van der Waals surface area contributed by atoms with Gasteiger partial charge in [0.15, 0.2) is 4.67 Å². The average Bonchev–Trinajstić information content (AvgIpc) is 3.04. The van der Waals surface area contributed by atoms with E-state index >= 15 is 0 Å². The van der Waals surface area contributed by atoms with Gasteiger partial charge in [0.2, 0.25) is 10.0 Å². The van der Waals surface area contributed by atoms with E-state index in [0.29, 0.717) is 25.4 Å². The van der Waals surface area contributed by atoms with Gasteiger partial charge in [-0.2, -0.15) is 0 Å². The third-order valence-corrected chi connectivity index (χ3v) is 5.54. The number of hydrogen-bond donors (Lipinski definition) is 2. The van der Waals surface area contributed by atoms with Gasteiger partial charge in [-0.1, -0.05) is 0 Å². The molecule has 1 atom stereocenters. The third kappa shape index (κ3) is 3.23. The second kappa shape index (κ2) is 6.12. The zero-order chi connectivity index (χ0) is 14.8. The van der Waals surface area contributed by atoms with Crippen LogP contribution in [0.1, 0.15) is 12.2 Å². The molecule has 0 amide bonds. The van der Waals surface area contributed by atoms with Crippen LogP contribution in [0.3, 0.4) is 0 Å². The van der Waals surface area contributed by atoms with Crippen LogP contribution in [-0.4, -0.2) is 40.9 Å². The molecule has 1 fully saturated rings. The van der Waals surface area contributed by atoms with Gasteiger partial charge in [-0.05, 0) is 15.9 Å². The monoisotopic (exact) mass is 368 g/mol. The molecule has 1 aliphatic heterocycles. The predicted molar refractivity (Wildman–Crippen MR) is 74.7 cm³/mol. The maximum Gasteiger partial charge on any atom is 0.245 e. The normalized spacial score (nSPS) is 23.4. The number of ether oxygens (including phenoxy) is 2. The lowest BCUT2D eigenvalue weighted by Crippen LogP contribution is -2.44. The summed E-state index contributed by atoms with van der Waals surface area (Å²) in [5, 5.41) is 0. The Hall–Kier alpha value is -0.450. The molecule has 1 saturated heterocycles. The van der Waals surface area contributed by atoms with Crippen LogP contribution in [0, 0.1) is 0 Å². The highest BCUT2D eigenvalue weighted by Gasteiger charge is 2.36. The van der Waals surface area contributed by atoms with E-state index in [4.69, 9.17) is 19.6 Å². The first-order chi connectivity index (χ1) is 9.42. The summed E-state index contributed by atoms with van der Waals surface area (Å²) >= 11 is 3.08. The maximum absolute atomic E-state index is 12.3. The van der Waals surface area contributed by atoms with E-state index in [9.17, 15) is 8.42 Å². The summed E-state index contributed by atoms with van der Waals surface area (Å²) in [6.45, 7) is 1.19. The van der Waals surface area contributed by atoms with Crippen LogP contribution in [0.15, 0.2) is 20.0 Å². The van der Waals surface area contributed by atoms with Gasteiger partial charge in [0, 0.05) is 32.7 Å².